The highest BCUT2D eigenvalue weighted by atomic mass is 35.5. The number of aliphatic hydroxyl groups is 3. The Hall–Kier alpha value is -1.32. The lowest BCUT2D eigenvalue weighted by Gasteiger charge is -2.13. The van der Waals surface area contributed by atoms with Gasteiger partial charge in [0.1, 0.15) is 29.9 Å². The van der Waals surface area contributed by atoms with Crippen LogP contribution in [0.4, 0.5) is 0 Å². The van der Waals surface area contributed by atoms with Gasteiger partial charge in [-0.3, -0.25) is 0 Å². The molecule has 4 atom stereocenters. The lowest BCUT2D eigenvalue weighted by atomic mass is 10.1. The molecule has 0 radical (unpaired) electrons. The number of aromatic nitrogens is 4. The number of hydrogen-bond donors (Lipinski definition) is 4. The summed E-state index contributed by atoms with van der Waals surface area (Å²) in [4.78, 5) is 14.9. The van der Waals surface area contributed by atoms with Crippen molar-refractivity contribution in [2.75, 3.05) is 6.61 Å². The fourth-order valence-corrected chi connectivity index (χ4v) is 2.28. The molecule has 1 fully saturated rings. The van der Waals surface area contributed by atoms with Crippen LogP contribution in [0.3, 0.4) is 0 Å². The molecule has 1 aliphatic heterocycles. The number of aliphatic hydroxyl groups excluding tert-OH is 3. The molecule has 0 saturated carbocycles. The maximum Gasteiger partial charge on any atom is 0.182 e. The molecule has 0 bridgehead atoms. The van der Waals surface area contributed by atoms with E-state index in [2.05, 4.69) is 19.9 Å². The molecule has 9 heteroatoms. The molecule has 2 aromatic rings. The van der Waals surface area contributed by atoms with Crippen molar-refractivity contribution in [3.05, 3.63) is 17.3 Å². The zero-order chi connectivity index (χ0) is 13.6. The molecule has 0 amide bonds. The predicted octanol–water partition coefficient (Wildman–Crippen LogP) is -0.840. The Morgan fingerprint density at radius 3 is 2.79 bits per heavy atom. The van der Waals surface area contributed by atoms with E-state index in [1.54, 1.807) is 0 Å². The summed E-state index contributed by atoms with van der Waals surface area (Å²) in [7, 11) is 0. The molecule has 3 heterocycles. The average Bonchev–Trinajstić information content (AvgIpc) is 2.96. The summed E-state index contributed by atoms with van der Waals surface area (Å²) < 4.78 is 5.33. The summed E-state index contributed by atoms with van der Waals surface area (Å²) >= 11 is 5.96. The molecule has 1 aliphatic rings. The van der Waals surface area contributed by atoms with E-state index in [0.717, 1.165) is 0 Å². The van der Waals surface area contributed by atoms with E-state index >= 15 is 0 Å². The van der Waals surface area contributed by atoms with Gasteiger partial charge in [0, 0.05) is 0 Å². The molecular weight excluding hydrogens is 276 g/mol. The molecule has 8 nitrogen and oxygen atoms in total. The van der Waals surface area contributed by atoms with Crippen LogP contribution in [0.2, 0.25) is 5.15 Å². The zero-order valence-corrected chi connectivity index (χ0v) is 10.3. The van der Waals surface area contributed by atoms with Gasteiger partial charge in [-0.1, -0.05) is 11.6 Å². The Labute approximate surface area is 112 Å². The van der Waals surface area contributed by atoms with Crippen LogP contribution in [0.1, 0.15) is 11.9 Å². The second-order valence-corrected chi connectivity index (χ2v) is 4.59. The van der Waals surface area contributed by atoms with E-state index in [1.807, 2.05) is 0 Å². The first kappa shape index (κ1) is 12.7. The number of H-pyrrole nitrogens is 1. The van der Waals surface area contributed by atoms with Gasteiger partial charge in [0.2, 0.25) is 0 Å². The number of halogens is 1. The van der Waals surface area contributed by atoms with Crippen molar-refractivity contribution >= 4 is 22.8 Å². The number of nitrogens with one attached hydrogen (secondary N) is 1. The SMILES string of the molecule is OC[C@H]1O[C@@H](c2nc(Cl)c3[nH]cnc3n2)[C@H](O)[C@@H]1O. The Bertz CT molecular complexity index is 606. The van der Waals surface area contributed by atoms with E-state index < -0.39 is 31.0 Å². The second-order valence-electron chi connectivity index (χ2n) is 4.23. The number of rotatable bonds is 2. The van der Waals surface area contributed by atoms with E-state index in [0.29, 0.717) is 11.2 Å². The van der Waals surface area contributed by atoms with E-state index in [-0.39, 0.29) is 11.0 Å². The maximum absolute atomic E-state index is 9.89. The van der Waals surface area contributed by atoms with E-state index in [4.69, 9.17) is 21.4 Å². The number of ether oxygens (including phenoxy) is 1. The molecule has 102 valence electrons. The molecule has 19 heavy (non-hydrogen) atoms. The van der Waals surface area contributed by atoms with Gasteiger partial charge in [-0.05, 0) is 0 Å². The summed E-state index contributed by atoms with van der Waals surface area (Å²) in [5.74, 6) is 0.118. The van der Waals surface area contributed by atoms with Crippen molar-refractivity contribution in [1.29, 1.82) is 0 Å². The molecule has 4 N–H and O–H groups in total. The van der Waals surface area contributed by atoms with Crippen LogP contribution in [0.15, 0.2) is 6.33 Å². The smallest absolute Gasteiger partial charge is 0.182 e. The van der Waals surface area contributed by atoms with Crippen LogP contribution >= 0.6 is 11.6 Å². The normalized spacial score (nSPS) is 31.2. The van der Waals surface area contributed by atoms with Crippen LogP contribution in [0, 0.1) is 0 Å². The summed E-state index contributed by atoms with van der Waals surface area (Å²) in [5, 5.41) is 28.8. The van der Waals surface area contributed by atoms with Crippen LogP contribution in [-0.2, 0) is 4.74 Å². The first-order valence-corrected chi connectivity index (χ1v) is 5.98. The summed E-state index contributed by atoms with van der Waals surface area (Å²) in [5.41, 5.74) is 0.824. The molecule has 0 unspecified atom stereocenters. The summed E-state index contributed by atoms with van der Waals surface area (Å²) in [6.07, 6.45) is -2.84. The maximum atomic E-state index is 9.89. The fourth-order valence-electron chi connectivity index (χ4n) is 2.05. The lowest BCUT2D eigenvalue weighted by Crippen LogP contribution is -2.32. The van der Waals surface area contributed by atoms with Crippen molar-refractivity contribution in [2.24, 2.45) is 0 Å². The number of fused-ring (bicyclic) bond motifs is 1. The summed E-state index contributed by atoms with van der Waals surface area (Å²) in [6.45, 7) is -0.410. The molecule has 0 aliphatic carbocycles. The van der Waals surface area contributed by atoms with Gasteiger partial charge < -0.3 is 25.0 Å². The van der Waals surface area contributed by atoms with E-state index in [1.165, 1.54) is 6.33 Å². The van der Waals surface area contributed by atoms with E-state index in [9.17, 15) is 10.2 Å². The summed E-state index contributed by atoms with van der Waals surface area (Å²) in [6, 6.07) is 0. The molecule has 2 aromatic heterocycles. The highest BCUT2D eigenvalue weighted by molar-refractivity contribution is 6.33. The first-order chi connectivity index (χ1) is 9.11. The van der Waals surface area contributed by atoms with Crippen molar-refractivity contribution < 1.29 is 20.1 Å². The predicted molar refractivity (Wildman–Crippen MR) is 63.4 cm³/mol. The molecule has 0 aromatic carbocycles. The molecular formula is C10H11ClN4O4. The fraction of sp³-hybridized carbons (Fsp3) is 0.500. The zero-order valence-electron chi connectivity index (χ0n) is 9.56. The van der Waals surface area contributed by atoms with Crippen LogP contribution in [0.25, 0.3) is 11.2 Å². The first-order valence-electron chi connectivity index (χ1n) is 5.60. The highest BCUT2D eigenvalue weighted by Gasteiger charge is 2.44. The quantitative estimate of drug-likeness (QED) is 0.531. The van der Waals surface area contributed by atoms with Crippen LogP contribution in [0.5, 0.6) is 0 Å². The second kappa shape index (κ2) is 4.66. The standard InChI is InChI=1S/C10H11ClN4O4/c11-8-4-9(13-2-12-4)15-10(14-8)7-6(18)5(17)3(1-16)19-7/h2-3,5-7,16-18H,1H2,(H,12,13,14,15)/t3-,5-,6-,7-/m1/s1. The van der Waals surface area contributed by atoms with Gasteiger partial charge in [-0.2, -0.15) is 0 Å². The third-order valence-electron chi connectivity index (χ3n) is 3.06. The number of nitrogens with zero attached hydrogens (tertiary/aromatic N) is 3. The molecule has 0 spiro atoms. The van der Waals surface area contributed by atoms with Crippen LogP contribution in [-0.4, -0.2) is 60.2 Å². The minimum atomic E-state index is -1.23. The highest BCUT2D eigenvalue weighted by Crippen LogP contribution is 2.33. The van der Waals surface area contributed by atoms with Gasteiger partial charge in [0.15, 0.2) is 16.6 Å². The number of aromatic amines is 1. The van der Waals surface area contributed by atoms with Crippen molar-refractivity contribution in [3.63, 3.8) is 0 Å². The Morgan fingerprint density at radius 2 is 2.11 bits per heavy atom. The number of hydrogen-bond acceptors (Lipinski definition) is 7. The Kier molecular flexibility index (Phi) is 3.11. The van der Waals surface area contributed by atoms with Gasteiger partial charge in [-0.15, -0.1) is 0 Å². The lowest BCUT2D eigenvalue weighted by molar-refractivity contribution is -0.0251. The Balaban J connectivity index is 2.00. The van der Waals surface area contributed by atoms with Crippen molar-refractivity contribution in [2.45, 2.75) is 24.4 Å². The van der Waals surface area contributed by atoms with Crippen LogP contribution < -0.4 is 0 Å². The monoisotopic (exact) mass is 286 g/mol. The number of imidazole rings is 1. The Morgan fingerprint density at radius 1 is 1.32 bits per heavy atom. The molecule has 3 rings (SSSR count). The average molecular weight is 287 g/mol. The van der Waals surface area contributed by atoms with Crippen molar-refractivity contribution in [3.8, 4) is 0 Å². The van der Waals surface area contributed by atoms with Gasteiger partial charge in [-0.25, -0.2) is 15.0 Å². The largest absolute Gasteiger partial charge is 0.394 e. The molecule has 1 saturated heterocycles. The third-order valence-corrected chi connectivity index (χ3v) is 3.33. The minimum Gasteiger partial charge on any atom is -0.394 e. The third kappa shape index (κ3) is 1.97. The minimum absolute atomic E-state index is 0.118. The van der Waals surface area contributed by atoms with Gasteiger partial charge in [0.25, 0.3) is 0 Å². The van der Waals surface area contributed by atoms with Gasteiger partial charge >= 0.3 is 0 Å². The van der Waals surface area contributed by atoms with Crippen molar-refractivity contribution in [1.82, 2.24) is 19.9 Å². The van der Waals surface area contributed by atoms with Gasteiger partial charge in [0.05, 0.1) is 12.9 Å². The topological polar surface area (TPSA) is 124 Å².